The monoisotopic (exact) mass is 565 g/mol. The second kappa shape index (κ2) is 14.1. The summed E-state index contributed by atoms with van der Waals surface area (Å²) in [4.78, 5) is 40.8. The van der Waals surface area contributed by atoms with E-state index in [0.29, 0.717) is 34.6 Å². The summed E-state index contributed by atoms with van der Waals surface area (Å²) in [5.41, 5.74) is 3.31. The summed E-state index contributed by atoms with van der Waals surface area (Å²) in [6.45, 7) is 10.1. The molecule has 2 aromatic carbocycles. The Labute approximate surface area is 241 Å². The van der Waals surface area contributed by atoms with E-state index in [0.717, 1.165) is 5.56 Å². The first-order valence-electron chi connectivity index (χ1n) is 13.8. The van der Waals surface area contributed by atoms with Crippen molar-refractivity contribution in [1.29, 1.82) is 0 Å². The van der Waals surface area contributed by atoms with Crippen LogP contribution in [-0.4, -0.2) is 59.0 Å². The van der Waals surface area contributed by atoms with Gasteiger partial charge in [0.05, 0.1) is 18.2 Å². The first-order chi connectivity index (χ1) is 19.4. The number of amides is 1. The van der Waals surface area contributed by atoms with Crippen molar-refractivity contribution in [1.82, 2.24) is 10.2 Å². The number of carbonyl (C=O) groups excluding carboxylic acids is 3. The van der Waals surface area contributed by atoms with E-state index in [1.165, 1.54) is 19.1 Å². The lowest BCUT2D eigenvalue weighted by atomic mass is 9.83. The van der Waals surface area contributed by atoms with Crippen LogP contribution in [0.1, 0.15) is 47.1 Å². The highest BCUT2D eigenvalue weighted by atomic mass is 19.1. The summed E-state index contributed by atoms with van der Waals surface area (Å²) in [6.07, 6.45) is -1.02. The van der Waals surface area contributed by atoms with E-state index in [-0.39, 0.29) is 25.0 Å². The zero-order chi connectivity index (χ0) is 30.3. The van der Waals surface area contributed by atoms with Crippen molar-refractivity contribution >= 4 is 23.3 Å². The van der Waals surface area contributed by atoms with E-state index in [2.05, 4.69) is 10.6 Å². The van der Waals surface area contributed by atoms with Crippen molar-refractivity contribution in [2.75, 3.05) is 18.4 Å². The molecule has 8 nitrogen and oxygen atoms in total. The van der Waals surface area contributed by atoms with Crippen molar-refractivity contribution in [3.63, 3.8) is 0 Å². The van der Waals surface area contributed by atoms with Gasteiger partial charge in [0.25, 0.3) is 0 Å². The van der Waals surface area contributed by atoms with Crippen LogP contribution in [0.2, 0.25) is 0 Å². The van der Waals surface area contributed by atoms with Gasteiger partial charge in [-0.1, -0.05) is 43.3 Å². The van der Waals surface area contributed by atoms with E-state index in [4.69, 9.17) is 4.74 Å². The lowest BCUT2D eigenvalue weighted by molar-refractivity contribution is -0.148. The summed E-state index contributed by atoms with van der Waals surface area (Å²) < 4.78 is 19.0. The van der Waals surface area contributed by atoms with Gasteiger partial charge in [0, 0.05) is 40.7 Å². The van der Waals surface area contributed by atoms with E-state index in [1.54, 1.807) is 51.7 Å². The first-order valence-corrected chi connectivity index (χ1v) is 13.8. The van der Waals surface area contributed by atoms with Gasteiger partial charge in [-0.25, -0.2) is 4.39 Å². The molecule has 0 fully saturated rings. The number of rotatable bonds is 12. The number of aliphatic hydroxyl groups excluding tert-OH is 1. The predicted molar refractivity (Wildman–Crippen MR) is 156 cm³/mol. The third kappa shape index (κ3) is 8.27. The lowest BCUT2D eigenvalue weighted by Crippen LogP contribution is -2.49. The van der Waals surface area contributed by atoms with Crippen molar-refractivity contribution < 1.29 is 28.6 Å². The molecule has 2 aromatic rings. The summed E-state index contributed by atoms with van der Waals surface area (Å²) in [5.74, 6) is -2.07. The SMILES string of the molecule is CC(=O)C1=C(C)N(CC(=O)OC(C)C)C(C)=C(C(=O)N[C@@H](Cc2ccccc2)[C@H](O)CNc2cccc(F)c2)C1C. The largest absolute Gasteiger partial charge is 0.462 e. The molecule has 3 rings (SSSR count). The zero-order valence-corrected chi connectivity index (χ0v) is 24.5. The van der Waals surface area contributed by atoms with Gasteiger partial charge >= 0.3 is 5.97 Å². The molecule has 220 valence electrons. The number of aliphatic hydroxyl groups is 1. The number of Topliss-reactive ketones (excluding diaryl/α,β-unsaturated/α-hetero) is 1. The summed E-state index contributed by atoms with van der Waals surface area (Å²) in [7, 11) is 0. The Bertz CT molecular complexity index is 1320. The predicted octanol–water partition coefficient (Wildman–Crippen LogP) is 4.37. The van der Waals surface area contributed by atoms with Crippen LogP contribution in [0.25, 0.3) is 0 Å². The van der Waals surface area contributed by atoms with Gasteiger partial charge in [-0.3, -0.25) is 14.4 Å². The molecule has 1 heterocycles. The molecular formula is C32H40FN3O5. The molecule has 0 bridgehead atoms. The van der Waals surface area contributed by atoms with E-state index in [9.17, 15) is 23.9 Å². The molecule has 1 amide bonds. The first kappa shape index (κ1) is 31.5. The Morgan fingerprint density at radius 1 is 1.02 bits per heavy atom. The average Bonchev–Trinajstić information content (AvgIpc) is 2.89. The quantitative estimate of drug-likeness (QED) is 0.328. The lowest BCUT2D eigenvalue weighted by Gasteiger charge is -2.37. The standard InChI is InChI=1S/C32H40FN3O5/c1-19(2)41-29(39)18-36-21(4)30(23(6)37)20(3)31(22(36)5)32(40)35-27(15-24-11-8-7-9-12-24)28(38)17-34-26-14-10-13-25(33)16-26/h7-14,16,19-20,27-28,34,38H,15,17-18H2,1-6H3,(H,35,40)/t20?,27-,28+/m0/s1. The molecule has 9 heteroatoms. The highest BCUT2D eigenvalue weighted by molar-refractivity contribution is 6.02. The van der Waals surface area contributed by atoms with Crippen molar-refractivity contribution in [3.05, 3.63) is 88.5 Å². The fourth-order valence-electron chi connectivity index (χ4n) is 5.26. The Balaban J connectivity index is 1.90. The van der Waals surface area contributed by atoms with E-state index < -0.39 is 35.8 Å². The summed E-state index contributed by atoms with van der Waals surface area (Å²) >= 11 is 0. The second-order valence-electron chi connectivity index (χ2n) is 10.6. The van der Waals surface area contributed by atoms with Gasteiger partial charge in [0.2, 0.25) is 5.91 Å². The Morgan fingerprint density at radius 2 is 1.68 bits per heavy atom. The van der Waals surface area contributed by atoms with Crippen LogP contribution in [0.15, 0.2) is 77.1 Å². The number of anilines is 1. The normalized spacial score (nSPS) is 16.9. The van der Waals surface area contributed by atoms with Crippen molar-refractivity contribution in [2.45, 2.75) is 66.2 Å². The molecule has 1 unspecified atom stereocenters. The molecule has 41 heavy (non-hydrogen) atoms. The molecule has 0 aliphatic carbocycles. The zero-order valence-electron chi connectivity index (χ0n) is 24.5. The van der Waals surface area contributed by atoms with Crippen LogP contribution in [0, 0.1) is 11.7 Å². The number of ether oxygens (including phenoxy) is 1. The van der Waals surface area contributed by atoms with Crippen molar-refractivity contribution in [2.24, 2.45) is 5.92 Å². The number of hydrogen-bond acceptors (Lipinski definition) is 7. The molecule has 3 N–H and O–H groups in total. The number of halogens is 1. The van der Waals surface area contributed by atoms with E-state index in [1.807, 2.05) is 30.3 Å². The number of hydrogen-bond donors (Lipinski definition) is 3. The number of nitrogens with zero attached hydrogens (tertiary/aromatic N) is 1. The van der Waals surface area contributed by atoms with Gasteiger partial charge in [-0.05, 0) is 64.8 Å². The van der Waals surface area contributed by atoms with E-state index >= 15 is 0 Å². The summed E-state index contributed by atoms with van der Waals surface area (Å²) in [6, 6.07) is 14.6. The van der Waals surface area contributed by atoms with Crippen LogP contribution in [0.4, 0.5) is 10.1 Å². The fourth-order valence-corrected chi connectivity index (χ4v) is 5.26. The van der Waals surface area contributed by atoms with Crippen LogP contribution in [-0.2, 0) is 25.5 Å². The van der Waals surface area contributed by atoms with Gasteiger partial charge in [-0.2, -0.15) is 0 Å². The highest BCUT2D eigenvalue weighted by Crippen LogP contribution is 2.35. The Morgan fingerprint density at radius 3 is 2.29 bits per heavy atom. The van der Waals surface area contributed by atoms with Crippen LogP contribution < -0.4 is 10.6 Å². The smallest absolute Gasteiger partial charge is 0.326 e. The number of benzene rings is 2. The molecular weight excluding hydrogens is 525 g/mol. The minimum Gasteiger partial charge on any atom is -0.462 e. The average molecular weight is 566 g/mol. The molecule has 0 aromatic heterocycles. The fraction of sp³-hybridized carbons (Fsp3) is 0.406. The third-order valence-corrected chi connectivity index (χ3v) is 7.15. The van der Waals surface area contributed by atoms with Crippen molar-refractivity contribution in [3.8, 4) is 0 Å². The maximum Gasteiger partial charge on any atom is 0.326 e. The third-order valence-electron chi connectivity index (χ3n) is 7.15. The topological polar surface area (TPSA) is 108 Å². The summed E-state index contributed by atoms with van der Waals surface area (Å²) in [5, 5.41) is 17.2. The molecule has 0 saturated carbocycles. The molecule has 0 saturated heterocycles. The number of ketones is 1. The highest BCUT2D eigenvalue weighted by Gasteiger charge is 2.36. The molecule has 0 radical (unpaired) electrons. The number of nitrogens with one attached hydrogen (secondary N) is 2. The van der Waals surface area contributed by atoms with Crippen LogP contribution in [0.3, 0.4) is 0 Å². The number of esters is 1. The van der Waals surface area contributed by atoms with Crippen LogP contribution >= 0.6 is 0 Å². The Kier molecular flexibility index (Phi) is 10.8. The van der Waals surface area contributed by atoms with Gasteiger partial charge < -0.3 is 25.4 Å². The van der Waals surface area contributed by atoms with Gasteiger partial charge in [-0.15, -0.1) is 0 Å². The molecule has 3 atom stereocenters. The Hall–Kier alpha value is -3.98. The maximum atomic E-state index is 13.9. The molecule has 1 aliphatic heterocycles. The maximum absolute atomic E-state index is 13.9. The van der Waals surface area contributed by atoms with Crippen LogP contribution in [0.5, 0.6) is 0 Å². The minimum absolute atomic E-state index is 0.0552. The molecule has 0 spiro atoms. The number of carbonyl (C=O) groups is 3. The molecule has 1 aliphatic rings. The van der Waals surface area contributed by atoms with Gasteiger partial charge in [0.15, 0.2) is 5.78 Å². The number of allylic oxidation sites excluding steroid dienone is 3. The minimum atomic E-state index is -1.04. The van der Waals surface area contributed by atoms with Gasteiger partial charge in [0.1, 0.15) is 12.4 Å². The second-order valence-corrected chi connectivity index (χ2v) is 10.6.